The molecule has 0 amide bonds. The monoisotopic (exact) mass is 465 g/mol. The molecule has 0 unspecified atom stereocenters. The van der Waals surface area contributed by atoms with Gasteiger partial charge in [-0.3, -0.25) is 0 Å². The predicted octanol–water partition coefficient (Wildman–Crippen LogP) is 6.96. The van der Waals surface area contributed by atoms with E-state index in [0.717, 1.165) is 21.3 Å². The van der Waals surface area contributed by atoms with E-state index in [1.165, 1.54) is 0 Å². The number of rotatable bonds is 7. The molecule has 0 heterocycles. The molecule has 0 atom stereocenters. The molecule has 0 aliphatic heterocycles. The normalized spacial score (nSPS) is 10.5. The van der Waals surface area contributed by atoms with Crippen molar-refractivity contribution in [3.8, 4) is 11.5 Å². The number of benzene rings is 3. The average Bonchev–Trinajstić information content (AvgIpc) is 2.68. The third kappa shape index (κ3) is 5.32. The van der Waals surface area contributed by atoms with Gasteiger partial charge in [0.25, 0.3) is 0 Å². The van der Waals surface area contributed by atoms with Crippen molar-refractivity contribution in [1.82, 2.24) is 0 Å². The lowest BCUT2D eigenvalue weighted by atomic mass is 10.2. The zero-order valence-electron chi connectivity index (χ0n) is 14.6. The lowest BCUT2D eigenvalue weighted by Gasteiger charge is -2.15. The van der Waals surface area contributed by atoms with Crippen molar-refractivity contribution >= 4 is 44.8 Å². The zero-order chi connectivity index (χ0) is 19.2. The van der Waals surface area contributed by atoms with Gasteiger partial charge < -0.3 is 14.8 Å². The number of anilines is 1. The second-order valence-corrected chi connectivity index (χ2v) is 7.53. The lowest BCUT2D eigenvalue weighted by molar-refractivity contribution is 0.284. The number of ether oxygens (including phenoxy) is 2. The summed E-state index contributed by atoms with van der Waals surface area (Å²) in [6.07, 6.45) is 0. The van der Waals surface area contributed by atoms with Gasteiger partial charge in [0.2, 0.25) is 0 Å². The zero-order valence-corrected chi connectivity index (χ0v) is 17.7. The fraction of sp³-hybridized carbons (Fsp3) is 0.143. The largest absolute Gasteiger partial charge is 0.493 e. The third-order valence-electron chi connectivity index (χ3n) is 3.93. The first-order chi connectivity index (χ1) is 13.1. The molecule has 0 saturated carbocycles. The van der Waals surface area contributed by atoms with Crippen LogP contribution >= 0.6 is 39.1 Å². The Balaban J connectivity index is 1.72. The summed E-state index contributed by atoms with van der Waals surface area (Å²) in [7, 11) is 1.60. The highest BCUT2D eigenvalue weighted by Gasteiger charge is 2.12. The van der Waals surface area contributed by atoms with Gasteiger partial charge in [0.05, 0.1) is 17.2 Å². The van der Waals surface area contributed by atoms with Crippen LogP contribution in [0.5, 0.6) is 11.5 Å². The molecular formula is C21H18BrCl2NO2. The topological polar surface area (TPSA) is 30.5 Å². The van der Waals surface area contributed by atoms with E-state index in [1.807, 2.05) is 60.7 Å². The summed E-state index contributed by atoms with van der Waals surface area (Å²) in [5.41, 5.74) is 2.96. The number of halogens is 3. The Bertz CT molecular complexity index is 920. The number of nitrogens with one attached hydrogen (secondary N) is 1. The Kier molecular flexibility index (Phi) is 6.89. The van der Waals surface area contributed by atoms with Gasteiger partial charge >= 0.3 is 0 Å². The standard InChI is InChI=1S/C21H18BrCl2NO2/c1-26-20-10-15(12-25-16-7-8-17(22)18(23)11-16)9-19(24)21(20)27-13-14-5-3-2-4-6-14/h2-11,25H,12-13H2,1H3. The minimum absolute atomic E-state index is 0.423. The van der Waals surface area contributed by atoms with Gasteiger partial charge in [0, 0.05) is 16.7 Å². The van der Waals surface area contributed by atoms with E-state index in [9.17, 15) is 0 Å². The van der Waals surface area contributed by atoms with Gasteiger partial charge in [-0.15, -0.1) is 0 Å². The molecule has 27 heavy (non-hydrogen) atoms. The van der Waals surface area contributed by atoms with Gasteiger partial charge in [-0.1, -0.05) is 53.5 Å². The molecule has 3 aromatic rings. The summed E-state index contributed by atoms with van der Waals surface area (Å²) in [4.78, 5) is 0. The number of hydrogen-bond donors (Lipinski definition) is 1. The molecule has 0 bridgehead atoms. The Morgan fingerprint density at radius 2 is 1.70 bits per heavy atom. The molecule has 3 aromatic carbocycles. The Morgan fingerprint density at radius 1 is 0.926 bits per heavy atom. The van der Waals surface area contributed by atoms with Crippen molar-refractivity contribution in [3.63, 3.8) is 0 Å². The van der Waals surface area contributed by atoms with E-state index < -0.39 is 0 Å². The molecule has 3 rings (SSSR count). The second-order valence-electron chi connectivity index (χ2n) is 5.87. The van der Waals surface area contributed by atoms with Crippen LogP contribution in [0.1, 0.15) is 11.1 Å². The fourth-order valence-electron chi connectivity index (χ4n) is 2.56. The Labute approximate surface area is 177 Å². The molecule has 0 saturated heterocycles. The van der Waals surface area contributed by atoms with Crippen LogP contribution in [0.25, 0.3) is 0 Å². The lowest BCUT2D eigenvalue weighted by Crippen LogP contribution is -2.02. The number of methoxy groups -OCH3 is 1. The van der Waals surface area contributed by atoms with Gasteiger partial charge in [-0.05, 0) is 57.4 Å². The maximum Gasteiger partial charge on any atom is 0.180 e. The summed E-state index contributed by atoms with van der Waals surface area (Å²) < 4.78 is 12.2. The molecule has 140 valence electrons. The van der Waals surface area contributed by atoms with E-state index >= 15 is 0 Å². The van der Waals surface area contributed by atoms with E-state index in [0.29, 0.717) is 34.7 Å². The fourth-order valence-corrected chi connectivity index (χ4v) is 3.27. The van der Waals surface area contributed by atoms with E-state index in [-0.39, 0.29) is 0 Å². The Morgan fingerprint density at radius 3 is 2.41 bits per heavy atom. The minimum Gasteiger partial charge on any atom is -0.493 e. The molecule has 1 N–H and O–H groups in total. The molecule has 0 aromatic heterocycles. The van der Waals surface area contributed by atoms with E-state index in [1.54, 1.807) is 7.11 Å². The first kappa shape index (κ1) is 19.9. The highest BCUT2D eigenvalue weighted by Crippen LogP contribution is 2.37. The summed E-state index contributed by atoms with van der Waals surface area (Å²) in [5, 5.41) is 4.49. The maximum absolute atomic E-state index is 6.45. The molecule has 6 heteroatoms. The van der Waals surface area contributed by atoms with Crippen molar-refractivity contribution in [1.29, 1.82) is 0 Å². The second kappa shape index (κ2) is 9.36. The van der Waals surface area contributed by atoms with Crippen molar-refractivity contribution in [3.05, 3.63) is 86.3 Å². The smallest absolute Gasteiger partial charge is 0.180 e. The van der Waals surface area contributed by atoms with Crippen LogP contribution in [0, 0.1) is 0 Å². The van der Waals surface area contributed by atoms with Gasteiger partial charge in [0.15, 0.2) is 11.5 Å². The third-order valence-corrected chi connectivity index (χ3v) is 5.44. The first-order valence-electron chi connectivity index (χ1n) is 8.29. The molecule has 0 aliphatic carbocycles. The molecular weight excluding hydrogens is 449 g/mol. The molecule has 3 nitrogen and oxygen atoms in total. The summed E-state index contributed by atoms with van der Waals surface area (Å²) >= 11 is 16.0. The van der Waals surface area contributed by atoms with Crippen LogP contribution in [0.15, 0.2) is 65.1 Å². The van der Waals surface area contributed by atoms with Crippen molar-refractivity contribution in [2.45, 2.75) is 13.2 Å². The molecule has 0 radical (unpaired) electrons. The number of hydrogen-bond acceptors (Lipinski definition) is 3. The average molecular weight is 467 g/mol. The minimum atomic E-state index is 0.423. The van der Waals surface area contributed by atoms with Crippen molar-refractivity contribution in [2.75, 3.05) is 12.4 Å². The summed E-state index contributed by atoms with van der Waals surface area (Å²) in [6.45, 7) is 0.999. The van der Waals surface area contributed by atoms with Crippen molar-refractivity contribution in [2.24, 2.45) is 0 Å². The van der Waals surface area contributed by atoms with Crippen LogP contribution in [-0.2, 0) is 13.2 Å². The summed E-state index contributed by atoms with van der Waals surface area (Å²) in [5.74, 6) is 1.14. The van der Waals surface area contributed by atoms with Crippen molar-refractivity contribution < 1.29 is 9.47 Å². The van der Waals surface area contributed by atoms with Gasteiger partial charge in [0.1, 0.15) is 6.61 Å². The highest BCUT2D eigenvalue weighted by molar-refractivity contribution is 9.10. The van der Waals surface area contributed by atoms with Crippen LogP contribution in [-0.4, -0.2) is 7.11 Å². The quantitative estimate of drug-likeness (QED) is 0.408. The summed E-state index contributed by atoms with van der Waals surface area (Å²) in [6, 6.07) is 19.4. The maximum atomic E-state index is 6.45. The van der Waals surface area contributed by atoms with E-state index in [4.69, 9.17) is 32.7 Å². The van der Waals surface area contributed by atoms with E-state index in [2.05, 4.69) is 21.2 Å². The van der Waals surface area contributed by atoms with Gasteiger partial charge in [-0.25, -0.2) is 0 Å². The Hall–Kier alpha value is -1.88. The first-order valence-corrected chi connectivity index (χ1v) is 9.84. The van der Waals surface area contributed by atoms with Crippen LogP contribution in [0.3, 0.4) is 0 Å². The SMILES string of the molecule is COc1cc(CNc2ccc(Br)c(Cl)c2)cc(Cl)c1OCc1ccccc1. The van der Waals surface area contributed by atoms with Crippen LogP contribution in [0.4, 0.5) is 5.69 Å². The van der Waals surface area contributed by atoms with Crippen LogP contribution < -0.4 is 14.8 Å². The molecule has 0 spiro atoms. The van der Waals surface area contributed by atoms with Crippen LogP contribution in [0.2, 0.25) is 10.0 Å². The van der Waals surface area contributed by atoms with Gasteiger partial charge in [-0.2, -0.15) is 0 Å². The molecule has 0 fully saturated rings. The molecule has 0 aliphatic rings. The highest BCUT2D eigenvalue weighted by atomic mass is 79.9. The predicted molar refractivity (Wildman–Crippen MR) is 115 cm³/mol.